The molecule has 1 aromatic rings. The normalized spacial score (nSPS) is 11.3. The van der Waals surface area contributed by atoms with Crippen LogP contribution in [0.4, 0.5) is 0 Å². The molecule has 0 saturated carbocycles. The van der Waals surface area contributed by atoms with Gasteiger partial charge in [0.15, 0.2) is 0 Å². The first-order valence-electron chi connectivity index (χ1n) is 3.94. The molecule has 0 atom stereocenters. The number of benzene rings is 1. The van der Waals surface area contributed by atoms with Gasteiger partial charge in [0.25, 0.3) is 0 Å². The smallest absolute Gasteiger partial charge is 0.0547 e. The first-order chi connectivity index (χ1) is 5.74. The summed E-state index contributed by atoms with van der Waals surface area (Å²) in [6.45, 7) is 2.06. The topological polar surface area (TPSA) is 38.0 Å². The second-order valence-corrected chi connectivity index (χ2v) is 2.75. The van der Waals surface area contributed by atoms with Gasteiger partial charge in [-0.1, -0.05) is 29.8 Å². The van der Waals surface area contributed by atoms with E-state index in [1.165, 1.54) is 5.56 Å². The molecule has 0 amide bonds. The molecular weight excluding hydrogens is 148 g/mol. The Hall–Kier alpha value is -1.44. The standard InChI is InChI=1S/C10H14N2/c1-8-3-5-9(6-4-8)10(11)7-12-2/h3-7,12H,11H2,1-2H3/b10-7-. The number of nitrogens with two attached hydrogens (primary N) is 1. The average molecular weight is 162 g/mol. The van der Waals surface area contributed by atoms with E-state index in [0.717, 1.165) is 11.3 Å². The molecule has 3 N–H and O–H groups in total. The Morgan fingerprint density at radius 2 is 1.92 bits per heavy atom. The molecule has 0 unspecified atom stereocenters. The lowest BCUT2D eigenvalue weighted by Gasteiger charge is -2.01. The third-order valence-electron chi connectivity index (χ3n) is 1.68. The molecule has 0 radical (unpaired) electrons. The number of nitrogens with one attached hydrogen (secondary N) is 1. The summed E-state index contributed by atoms with van der Waals surface area (Å²) in [5, 5.41) is 2.89. The largest absolute Gasteiger partial charge is 0.397 e. The summed E-state index contributed by atoms with van der Waals surface area (Å²) in [7, 11) is 1.83. The minimum absolute atomic E-state index is 0.762. The van der Waals surface area contributed by atoms with Crippen molar-refractivity contribution in [2.45, 2.75) is 6.92 Å². The van der Waals surface area contributed by atoms with Crippen molar-refractivity contribution >= 4 is 5.70 Å². The summed E-state index contributed by atoms with van der Waals surface area (Å²) < 4.78 is 0. The van der Waals surface area contributed by atoms with E-state index >= 15 is 0 Å². The molecule has 0 bridgehead atoms. The summed E-state index contributed by atoms with van der Waals surface area (Å²) in [6.07, 6.45) is 1.78. The third kappa shape index (κ3) is 2.02. The molecule has 0 aromatic heterocycles. The Labute approximate surface area is 73.1 Å². The maximum Gasteiger partial charge on any atom is 0.0547 e. The van der Waals surface area contributed by atoms with E-state index in [9.17, 15) is 0 Å². The van der Waals surface area contributed by atoms with E-state index < -0.39 is 0 Å². The zero-order chi connectivity index (χ0) is 8.97. The Bertz CT molecular complexity index is 272. The van der Waals surface area contributed by atoms with Gasteiger partial charge in [-0.15, -0.1) is 0 Å². The van der Waals surface area contributed by atoms with Crippen molar-refractivity contribution in [3.05, 3.63) is 41.6 Å². The molecule has 0 aliphatic rings. The molecule has 1 aromatic carbocycles. The molecule has 1 rings (SSSR count). The molecule has 0 spiro atoms. The van der Waals surface area contributed by atoms with E-state index in [2.05, 4.69) is 12.2 Å². The highest BCUT2D eigenvalue weighted by Crippen LogP contribution is 2.08. The van der Waals surface area contributed by atoms with E-state index in [4.69, 9.17) is 5.73 Å². The van der Waals surface area contributed by atoms with E-state index in [1.54, 1.807) is 6.20 Å². The third-order valence-corrected chi connectivity index (χ3v) is 1.68. The summed E-state index contributed by atoms with van der Waals surface area (Å²) in [4.78, 5) is 0. The van der Waals surface area contributed by atoms with Crippen LogP contribution in [0.3, 0.4) is 0 Å². The SMILES string of the molecule is CN/C=C(\N)c1ccc(C)cc1. The highest BCUT2D eigenvalue weighted by molar-refractivity contribution is 5.62. The molecule has 12 heavy (non-hydrogen) atoms. The first kappa shape index (κ1) is 8.65. The molecular formula is C10H14N2. The molecule has 64 valence electrons. The van der Waals surface area contributed by atoms with Crippen molar-refractivity contribution in [2.75, 3.05) is 7.05 Å². The van der Waals surface area contributed by atoms with Crippen LogP contribution in [0, 0.1) is 6.92 Å². The Morgan fingerprint density at radius 3 is 2.42 bits per heavy atom. The van der Waals surface area contributed by atoms with Crippen LogP contribution < -0.4 is 11.1 Å². The van der Waals surface area contributed by atoms with Crippen molar-refractivity contribution in [1.29, 1.82) is 0 Å². The summed E-state index contributed by atoms with van der Waals surface area (Å²) in [5.74, 6) is 0. The Kier molecular flexibility index (Phi) is 2.75. The molecule has 0 aliphatic heterocycles. The Morgan fingerprint density at radius 1 is 1.33 bits per heavy atom. The highest BCUT2D eigenvalue weighted by Gasteiger charge is 1.93. The summed E-state index contributed by atoms with van der Waals surface area (Å²) >= 11 is 0. The maximum atomic E-state index is 5.75. The lowest BCUT2D eigenvalue weighted by Crippen LogP contribution is -2.02. The van der Waals surface area contributed by atoms with E-state index in [0.29, 0.717) is 0 Å². The van der Waals surface area contributed by atoms with Crippen LogP contribution in [0.25, 0.3) is 5.70 Å². The van der Waals surface area contributed by atoms with Crippen molar-refractivity contribution in [3.8, 4) is 0 Å². The second kappa shape index (κ2) is 3.81. The van der Waals surface area contributed by atoms with Gasteiger partial charge < -0.3 is 11.1 Å². The van der Waals surface area contributed by atoms with Crippen LogP contribution in [0.5, 0.6) is 0 Å². The van der Waals surface area contributed by atoms with Gasteiger partial charge in [0, 0.05) is 13.2 Å². The van der Waals surface area contributed by atoms with E-state index in [1.807, 2.05) is 31.3 Å². The molecule has 0 fully saturated rings. The van der Waals surface area contributed by atoms with Gasteiger partial charge in [-0.3, -0.25) is 0 Å². The van der Waals surface area contributed by atoms with Gasteiger partial charge >= 0.3 is 0 Å². The zero-order valence-corrected chi connectivity index (χ0v) is 7.46. The van der Waals surface area contributed by atoms with Gasteiger partial charge in [-0.2, -0.15) is 0 Å². The number of aryl methyl sites for hydroxylation is 1. The maximum absolute atomic E-state index is 5.75. The van der Waals surface area contributed by atoms with Gasteiger partial charge in [0.2, 0.25) is 0 Å². The quantitative estimate of drug-likeness (QED) is 0.691. The summed E-state index contributed by atoms with van der Waals surface area (Å²) in [6, 6.07) is 8.12. The van der Waals surface area contributed by atoms with Crippen LogP contribution in [0.2, 0.25) is 0 Å². The van der Waals surface area contributed by atoms with Gasteiger partial charge in [-0.05, 0) is 12.5 Å². The number of hydrogen-bond donors (Lipinski definition) is 2. The van der Waals surface area contributed by atoms with Gasteiger partial charge in [-0.25, -0.2) is 0 Å². The lowest BCUT2D eigenvalue weighted by molar-refractivity contribution is 1.10. The summed E-state index contributed by atoms with van der Waals surface area (Å²) in [5.41, 5.74) is 8.81. The average Bonchev–Trinajstić information content (AvgIpc) is 2.06. The number of hydrogen-bond acceptors (Lipinski definition) is 2. The molecule has 2 heteroatoms. The van der Waals surface area contributed by atoms with Crippen LogP contribution in [0.1, 0.15) is 11.1 Å². The number of rotatable bonds is 2. The lowest BCUT2D eigenvalue weighted by atomic mass is 10.1. The molecule has 2 nitrogen and oxygen atoms in total. The van der Waals surface area contributed by atoms with Crippen LogP contribution in [0.15, 0.2) is 30.5 Å². The van der Waals surface area contributed by atoms with Gasteiger partial charge in [0.1, 0.15) is 0 Å². The van der Waals surface area contributed by atoms with E-state index in [-0.39, 0.29) is 0 Å². The fraction of sp³-hybridized carbons (Fsp3) is 0.200. The zero-order valence-electron chi connectivity index (χ0n) is 7.46. The predicted molar refractivity (Wildman–Crippen MR) is 52.4 cm³/mol. The van der Waals surface area contributed by atoms with Crippen LogP contribution in [-0.4, -0.2) is 7.05 Å². The van der Waals surface area contributed by atoms with Crippen LogP contribution in [-0.2, 0) is 0 Å². The molecule has 0 aliphatic carbocycles. The van der Waals surface area contributed by atoms with Crippen LogP contribution >= 0.6 is 0 Å². The Balaban J connectivity index is 2.89. The van der Waals surface area contributed by atoms with Crippen molar-refractivity contribution < 1.29 is 0 Å². The van der Waals surface area contributed by atoms with Crippen molar-refractivity contribution in [1.82, 2.24) is 5.32 Å². The first-order valence-corrected chi connectivity index (χ1v) is 3.94. The predicted octanol–water partition coefficient (Wildman–Crippen LogP) is 1.47. The fourth-order valence-corrected chi connectivity index (χ4v) is 0.985. The monoisotopic (exact) mass is 162 g/mol. The highest BCUT2D eigenvalue weighted by atomic mass is 14.8. The minimum Gasteiger partial charge on any atom is -0.397 e. The van der Waals surface area contributed by atoms with Crippen molar-refractivity contribution in [2.24, 2.45) is 5.73 Å². The van der Waals surface area contributed by atoms with Crippen molar-refractivity contribution in [3.63, 3.8) is 0 Å². The second-order valence-electron chi connectivity index (χ2n) is 2.75. The molecule has 0 saturated heterocycles. The fourth-order valence-electron chi connectivity index (χ4n) is 0.985. The molecule has 0 heterocycles. The minimum atomic E-state index is 0.762. The van der Waals surface area contributed by atoms with Gasteiger partial charge in [0.05, 0.1) is 5.70 Å².